The molecule has 5 heteroatoms. The van der Waals surface area contributed by atoms with Gasteiger partial charge in [0.2, 0.25) is 0 Å². The van der Waals surface area contributed by atoms with Crippen molar-refractivity contribution < 1.29 is 4.74 Å². The van der Waals surface area contributed by atoms with Gasteiger partial charge in [0, 0.05) is 0 Å². The molecule has 0 radical (unpaired) electrons. The summed E-state index contributed by atoms with van der Waals surface area (Å²) < 4.78 is 7.49. The first kappa shape index (κ1) is 13.6. The molecule has 0 spiro atoms. The lowest BCUT2D eigenvalue weighted by Gasteiger charge is -2.10. The van der Waals surface area contributed by atoms with E-state index in [1.807, 2.05) is 18.2 Å². The zero-order valence-electron chi connectivity index (χ0n) is 8.91. The maximum atomic E-state index is 5.24. The van der Waals surface area contributed by atoms with Gasteiger partial charge in [-0.25, -0.2) is 0 Å². The molecule has 1 heterocycles. The van der Waals surface area contributed by atoms with Crippen LogP contribution >= 0.6 is 59.1 Å². The molecule has 0 aliphatic rings. The summed E-state index contributed by atoms with van der Waals surface area (Å²) in [4.78, 5) is 0.162. The third-order valence-electron chi connectivity index (χ3n) is 2.34. The number of rotatable bonds is 3. The third-order valence-corrected chi connectivity index (χ3v) is 5.75. The van der Waals surface area contributed by atoms with E-state index < -0.39 is 0 Å². The van der Waals surface area contributed by atoms with Gasteiger partial charge in [0.15, 0.2) is 0 Å². The van der Waals surface area contributed by atoms with Crippen LogP contribution in [0.4, 0.5) is 0 Å². The lowest BCUT2D eigenvalue weighted by Crippen LogP contribution is -1.92. The summed E-state index contributed by atoms with van der Waals surface area (Å²) >= 11 is 12.5. The van der Waals surface area contributed by atoms with E-state index in [2.05, 4.69) is 59.9 Å². The first-order chi connectivity index (χ1) is 8.11. The molecule has 0 aliphatic carbocycles. The molecule has 0 aliphatic heterocycles. The molecule has 0 N–H and O–H groups in total. The number of alkyl halides is 1. The van der Waals surface area contributed by atoms with E-state index in [-0.39, 0.29) is 4.83 Å². The Balaban J connectivity index is 2.36. The van der Waals surface area contributed by atoms with Gasteiger partial charge in [-0.05, 0) is 61.2 Å². The molecule has 0 saturated carbocycles. The van der Waals surface area contributed by atoms with Gasteiger partial charge in [0.1, 0.15) is 5.75 Å². The van der Waals surface area contributed by atoms with Crippen LogP contribution < -0.4 is 4.74 Å². The number of methoxy groups -OCH3 is 1. The maximum absolute atomic E-state index is 5.24. The summed E-state index contributed by atoms with van der Waals surface area (Å²) in [6, 6.07) is 10.2. The summed E-state index contributed by atoms with van der Waals surface area (Å²) in [6.45, 7) is 0. The predicted octanol–water partition coefficient (Wildman–Crippen LogP) is 5.77. The smallest absolute Gasteiger partial charge is 0.119 e. The minimum absolute atomic E-state index is 0.162. The molecule has 1 aromatic carbocycles. The summed E-state index contributed by atoms with van der Waals surface area (Å²) in [5.74, 6) is 0.873. The minimum Gasteiger partial charge on any atom is -0.497 e. The average molecular weight is 441 g/mol. The second-order valence-electron chi connectivity index (χ2n) is 3.42. The SMILES string of the molecule is COc1cccc(C(Br)c2cc(Br)sc2Br)c1. The van der Waals surface area contributed by atoms with Crippen molar-refractivity contribution in [2.75, 3.05) is 7.11 Å². The normalized spacial score (nSPS) is 12.5. The van der Waals surface area contributed by atoms with E-state index in [0.717, 1.165) is 13.3 Å². The maximum Gasteiger partial charge on any atom is 0.119 e. The molecule has 1 atom stereocenters. The fourth-order valence-corrected chi connectivity index (χ4v) is 5.51. The molecule has 0 bridgehead atoms. The van der Waals surface area contributed by atoms with E-state index in [0.29, 0.717) is 0 Å². The van der Waals surface area contributed by atoms with Crippen molar-refractivity contribution in [2.45, 2.75) is 4.83 Å². The van der Waals surface area contributed by atoms with E-state index >= 15 is 0 Å². The second-order valence-corrected chi connectivity index (χ2v) is 8.08. The Morgan fingerprint density at radius 2 is 2.00 bits per heavy atom. The number of benzene rings is 1. The first-order valence-corrected chi connectivity index (χ1v) is 8.16. The molecule has 0 fully saturated rings. The molecule has 1 nitrogen and oxygen atoms in total. The summed E-state index contributed by atoms with van der Waals surface area (Å²) in [7, 11) is 1.68. The summed E-state index contributed by atoms with van der Waals surface area (Å²) in [5.41, 5.74) is 2.39. The number of hydrogen-bond donors (Lipinski definition) is 0. The van der Waals surface area contributed by atoms with Crippen LogP contribution in [0.1, 0.15) is 16.0 Å². The van der Waals surface area contributed by atoms with Gasteiger partial charge in [-0.3, -0.25) is 0 Å². The van der Waals surface area contributed by atoms with Crippen LogP contribution in [0, 0.1) is 0 Å². The Morgan fingerprint density at radius 1 is 1.24 bits per heavy atom. The van der Waals surface area contributed by atoms with E-state index in [1.54, 1.807) is 18.4 Å². The standard InChI is InChI=1S/C12H9Br3OS/c1-16-8-4-2-3-7(5-8)11(14)9-6-10(13)17-12(9)15/h2-6,11H,1H3. The van der Waals surface area contributed by atoms with Crippen molar-refractivity contribution in [3.63, 3.8) is 0 Å². The van der Waals surface area contributed by atoms with Crippen molar-refractivity contribution in [3.8, 4) is 5.75 Å². The Morgan fingerprint density at radius 3 is 2.59 bits per heavy atom. The van der Waals surface area contributed by atoms with E-state index in [4.69, 9.17) is 4.74 Å². The monoisotopic (exact) mass is 438 g/mol. The fourth-order valence-electron chi connectivity index (χ4n) is 1.50. The van der Waals surface area contributed by atoms with Gasteiger partial charge in [-0.1, -0.05) is 28.1 Å². The Kier molecular flexibility index (Phi) is 4.69. The van der Waals surface area contributed by atoms with Crippen LogP contribution in [-0.2, 0) is 0 Å². The molecule has 90 valence electrons. The van der Waals surface area contributed by atoms with Gasteiger partial charge in [0.25, 0.3) is 0 Å². The van der Waals surface area contributed by atoms with Gasteiger partial charge in [0.05, 0.1) is 19.5 Å². The summed E-state index contributed by atoms with van der Waals surface area (Å²) in [5, 5.41) is 0. The van der Waals surface area contributed by atoms with Crippen molar-refractivity contribution in [1.82, 2.24) is 0 Å². The minimum atomic E-state index is 0.162. The molecule has 1 aromatic heterocycles. The zero-order chi connectivity index (χ0) is 12.4. The van der Waals surface area contributed by atoms with Crippen LogP contribution in [-0.4, -0.2) is 7.11 Å². The highest BCUT2D eigenvalue weighted by Gasteiger charge is 2.16. The molecule has 17 heavy (non-hydrogen) atoms. The number of hydrogen-bond acceptors (Lipinski definition) is 2. The van der Waals surface area contributed by atoms with Crippen LogP contribution in [0.15, 0.2) is 37.9 Å². The van der Waals surface area contributed by atoms with Crippen molar-refractivity contribution in [1.29, 1.82) is 0 Å². The van der Waals surface area contributed by atoms with Crippen molar-refractivity contribution in [3.05, 3.63) is 49.0 Å². The number of thiophene rings is 1. The largest absolute Gasteiger partial charge is 0.497 e. The molecule has 2 rings (SSSR count). The first-order valence-electron chi connectivity index (χ1n) is 4.84. The Bertz CT molecular complexity index is 524. The fraction of sp³-hybridized carbons (Fsp3) is 0.167. The molecule has 0 saturated heterocycles. The highest BCUT2D eigenvalue weighted by molar-refractivity contribution is 9.12. The van der Waals surface area contributed by atoms with Gasteiger partial charge >= 0.3 is 0 Å². The lowest BCUT2D eigenvalue weighted by molar-refractivity contribution is 0.414. The van der Waals surface area contributed by atoms with Gasteiger partial charge in [-0.2, -0.15) is 0 Å². The van der Waals surface area contributed by atoms with E-state index in [1.165, 1.54) is 11.1 Å². The molecule has 2 aromatic rings. The van der Waals surface area contributed by atoms with E-state index in [9.17, 15) is 0 Å². The average Bonchev–Trinajstić information content (AvgIpc) is 2.67. The Hall–Kier alpha value is 0.160. The molecular formula is C12H9Br3OS. The van der Waals surface area contributed by atoms with Gasteiger partial charge < -0.3 is 4.74 Å². The van der Waals surface area contributed by atoms with Crippen LogP contribution in [0.3, 0.4) is 0 Å². The number of ether oxygens (including phenoxy) is 1. The zero-order valence-corrected chi connectivity index (χ0v) is 14.5. The highest BCUT2D eigenvalue weighted by atomic mass is 79.9. The van der Waals surface area contributed by atoms with Crippen LogP contribution in [0.5, 0.6) is 5.75 Å². The lowest BCUT2D eigenvalue weighted by atomic mass is 10.1. The second kappa shape index (κ2) is 5.87. The van der Waals surface area contributed by atoms with Crippen molar-refractivity contribution in [2.24, 2.45) is 0 Å². The third kappa shape index (κ3) is 3.13. The van der Waals surface area contributed by atoms with Crippen molar-refractivity contribution >= 4 is 59.1 Å². The van der Waals surface area contributed by atoms with Crippen LogP contribution in [0.2, 0.25) is 0 Å². The van der Waals surface area contributed by atoms with Gasteiger partial charge in [-0.15, -0.1) is 11.3 Å². The topological polar surface area (TPSA) is 9.23 Å². The number of halogens is 3. The highest BCUT2D eigenvalue weighted by Crippen LogP contribution is 2.42. The summed E-state index contributed by atoms with van der Waals surface area (Å²) in [6.07, 6.45) is 0. The van der Waals surface area contributed by atoms with Crippen LogP contribution in [0.25, 0.3) is 0 Å². The molecule has 1 unspecified atom stereocenters. The Labute approximate surface area is 130 Å². The molecular weight excluding hydrogens is 432 g/mol. The quantitative estimate of drug-likeness (QED) is 0.551. The molecule has 0 amide bonds. The predicted molar refractivity (Wildman–Crippen MR) is 83.5 cm³/mol.